The molecule has 1 fully saturated rings. The lowest BCUT2D eigenvalue weighted by Gasteiger charge is -2.24. The Morgan fingerprint density at radius 2 is 2.60 bits per heavy atom. The van der Waals surface area contributed by atoms with Gasteiger partial charge in [0.25, 0.3) is 0 Å². The summed E-state index contributed by atoms with van der Waals surface area (Å²) in [5, 5.41) is 6.34. The maximum Gasteiger partial charge on any atom is 0.0725 e. The predicted molar refractivity (Wildman–Crippen MR) is 40.8 cm³/mol. The van der Waals surface area contributed by atoms with E-state index >= 15 is 0 Å². The van der Waals surface area contributed by atoms with Gasteiger partial charge >= 0.3 is 0 Å². The van der Waals surface area contributed by atoms with Crippen molar-refractivity contribution in [2.45, 2.75) is 31.3 Å². The third kappa shape index (κ3) is 0.669. The van der Waals surface area contributed by atoms with Crippen LogP contribution in [0.1, 0.15) is 19.8 Å². The summed E-state index contributed by atoms with van der Waals surface area (Å²) in [5.74, 6) is 0. The first-order valence-electron chi connectivity index (χ1n) is 3.81. The molecule has 0 bridgehead atoms. The van der Waals surface area contributed by atoms with Crippen LogP contribution in [0.5, 0.6) is 0 Å². The topological polar surface area (TPSA) is 41.6 Å². The molecule has 2 atom stereocenters. The fraction of sp³-hybridized carbons (Fsp3) is 0.857. The molecule has 2 heterocycles. The van der Waals surface area contributed by atoms with E-state index in [4.69, 9.17) is 5.73 Å². The summed E-state index contributed by atoms with van der Waals surface area (Å²) in [5.41, 5.74) is 5.80. The summed E-state index contributed by atoms with van der Waals surface area (Å²) in [4.78, 5) is 0. The van der Waals surface area contributed by atoms with Gasteiger partial charge in [0, 0.05) is 12.8 Å². The standard InChI is InChI=1S/C7H13N3/c1-7(8)5-9-10-4-2-3-6(7)10/h5-6H,2-4,8H2,1H3. The van der Waals surface area contributed by atoms with Crippen molar-refractivity contribution in [3.05, 3.63) is 0 Å². The summed E-state index contributed by atoms with van der Waals surface area (Å²) in [7, 11) is 0. The number of fused-ring (bicyclic) bond motifs is 1. The van der Waals surface area contributed by atoms with E-state index in [1.165, 1.54) is 12.8 Å². The highest BCUT2D eigenvalue weighted by Crippen LogP contribution is 2.28. The molecule has 3 heteroatoms. The Balaban J connectivity index is 2.23. The minimum atomic E-state index is -0.170. The van der Waals surface area contributed by atoms with Crippen molar-refractivity contribution in [2.75, 3.05) is 6.54 Å². The van der Waals surface area contributed by atoms with E-state index < -0.39 is 0 Å². The fourth-order valence-corrected chi connectivity index (χ4v) is 1.81. The van der Waals surface area contributed by atoms with E-state index in [2.05, 4.69) is 10.1 Å². The number of nitrogens with zero attached hydrogens (tertiary/aromatic N) is 2. The molecule has 2 N–H and O–H groups in total. The second kappa shape index (κ2) is 1.72. The molecule has 0 spiro atoms. The number of hydrazone groups is 1. The Bertz CT molecular complexity index is 174. The van der Waals surface area contributed by atoms with Crippen LogP contribution in [0.2, 0.25) is 0 Å². The predicted octanol–water partition coefficient (Wildman–Crippen LogP) is 0.168. The molecule has 0 amide bonds. The first-order valence-corrected chi connectivity index (χ1v) is 3.81. The zero-order chi connectivity index (χ0) is 7.19. The molecule has 0 aromatic heterocycles. The van der Waals surface area contributed by atoms with Crippen molar-refractivity contribution in [3.63, 3.8) is 0 Å². The van der Waals surface area contributed by atoms with E-state index in [-0.39, 0.29) is 5.54 Å². The SMILES string of the molecule is CC1(N)C=NN2CCCC21. The number of nitrogens with two attached hydrogens (primary N) is 1. The fourth-order valence-electron chi connectivity index (χ4n) is 1.81. The lowest BCUT2D eigenvalue weighted by molar-refractivity contribution is 0.251. The first-order chi connectivity index (χ1) is 4.70. The Morgan fingerprint density at radius 1 is 1.80 bits per heavy atom. The number of hydrogen-bond donors (Lipinski definition) is 1. The third-order valence-corrected chi connectivity index (χ3v) is 2.43. The lowest BCUT2D eigenvalue weighted by atomic mass is 9.95. The molecule has 0 radical (unpaired) electrons. The maximum absolute atomic E-state index is 5.97. The Morgan fingerprint density at radius 3 is 3.30 bits per heavy atom. The summed E-state index contributed by atoms with van der Waals surface area (Å²) < 4.78 is 0. The van der Waals surface area contributed by atoms with E-state index in [1.807, 2.05) is 13.1 Å². The molecule has 2 aliphatic heterocycles. The van der Waals surface area contributed by atoms with Gasteiger partial charge in [-0.1, -0.05) is 0 Å². The lowest BCUT2D eigenvalue weighted by Crippen LogP contribution is -2.49. The normalized spacial score (nSPS) is 44.6. The van der Waals surface area contributed by atoms with Crippen LogP contribution in [0.4, 0.5) is 0 Å². The summed E-state index contributed by atoms with van der Waals surface area (Å²) >= 11 is 0. The molecule has 0 aromatic rings. The Hall–Kier alpha value is -0.570. The van der Waals surface area contributed by atoms with Crippen molar-refractivity contribution >= 4 is 6.21 Å². The average Bonchev–Trinajstić information content (AvgIpc) is 2.36. The molecular weight excluding hydrogens is 126 g/mol. The van der Waals surface area contributed by atoms with Crippen molar-refractivity contribution in [1.82, 2.24) is 5.01 Å². The third-order valence-electron chi connectivity index (χ3n) is 2.43. The molecule has 2 rings (SSSR count). The highest BCUT2D eigenvalue weighted by atomic mass is 15.5. The van der Waals surface area contributed by atoms with Crippen molar-refractivity contribution < 1.29 is 0 Å². The molecule has 0 aromatic carbocycles. The van der Waals surface area contributed by atoms with Gasteiger partial charge < -0.3 is 5.73 Å². The van der Waals surface area contributed by atoms with Gasteiger partial charge in [-0.05, 0) is 19.8 Å². The largest absolute Gasteiger partial charge is 0.319 e. The highest BCUT2D eigenvalue weighted by Gasteiger charge is 2.40. The van der Waals surface area contributed by atoms with Crippen LogP contribution in [0, 0.1) is 0 Å². The zero-order valence-corrected chi connectivity index (χ0v) is 6.25. The van der Waals surface area contributed by atoms with Crippen LogP contribution < -0.4 is 5.73 Å². The first kappa shape index (κ1) is 6.16. The van der Waals surface area contributed by atoms with Crippen LogP contribution in [0.25, 0.3) is 0 Å². The van der Waals surface area contributed by atoms with E-state index in [0.717, 1.165) is 6.54 Å². The maximum atomic E-state index is 5.97. The molecular formula is C7H13N3. The van der Waals surface area contributed by atoms with Gasteiger partial charge in [-0.25, -0.2) is 0 Å². The quantitative estimate of drug-likeness (QED) is 0.519. The van der Waals surface area contributed by atoms with Gasteiger partial charge in [-0.15, -0.1) is 0 Å². The summed E-state index contributed by atoms with van der Waals surface area (Å²) in [6, 6.07) is 0.479. The molecule has 2 aliphatic rings. The van der Waals surface area contributed by atoms with Crippen LogP contribution in [-0.4, -0.2) is 29.3 Å². The molecule has 10 heavy (non-hydrogen) atoms. The highest BCUT2D eigenvalue weighted by molar-refractivity contribution is 5.72. The van der Waals surface area contributed by atoms with Gasteiger partial charge in [0.05, 0.1) is 11.6 Å². The second-order valence-electron chi connectivity index (χ2n) is 3.43. The van der Waals surface area contributed by atoms with Crippen molar-refractivity contribution in [1.29, 1.82) is 0 Å². The monoisotopic (exact) mass is 139 g/mol. The van der Waals surface area contributed by atoms with Gasteiger partial charge in [0.1, 0.15) is 0 Å². The van der Waals surface area contributed by atoms with E-state index in [1.54, 1.807) is 0 Å². The van der Waals surface area contributed by atoms with Gasteiger partial charge in [-0.3, -0.25) is 5.01 Å². The van der Waals surface area contributed by atoms with Crippen LogP contribution >= 0.6 is 0 Å². The smallest absolute Gasteiger partial charge is 0.0725 e. The molecule has 2 unspecified atom stereocenters. The van der Waals surface area contributed by atoms with Crippen LogP contribution in [0.15, 0.2) is 5.10 Å². The van der Waals surface area contributed by atoms with Crippen LogP contribution in [0.3, 0.4) is 0 Å². The number of rotatable bonds is 0. The molecule has 0 aliphatic carbocycles. The van der Waals surface area contributed by atoms with Crippen molar-refractivity contribution in [2.24, 2.45) is 10.8 Å². The number of hydrogen-bond acceptors (Lipinski definition) is 3. The zero-order valence-electron chi connectivity index (χ0n) is 6.25. The minimum Gasteiger partial charge on any atom is -0.319 e. The Kier molecular flexibility index (Phi) is 1.06. The molecule has 56 valence electrons. The van der Waals surface area contributed by atoms with Gasteiger partial charge in [0.15, 0.2) is 0 Å². The molecule has 1 saturated heterocycles. The summed E-state index contributed by atoms with van der Waals surface area (Å²) in [6.45, 7) is 3.14. The van der Waals surface area contributed by atoms with Gasteiger partial charge in [-0.2, -0.15) is 5.10 Å². The Labute approximate surface area is 60.9 Å². The molecule has 3 nitrogen and oxygen atoms in total. The summed E-state index contributed by atoms with van der Waals surface area (Å²) in [6.07, 6.45) is 4.32. The minimum absolute atomic E-state index is 0.170. The average molecular weight is 139 g/mol. The second-order valence-corrected chi connectivity index (χ2v) is 3.43. The van der Waals surface area contributed by atoms with Crippen molar-refractivity contribution in [3.8, 4) is 0 Å². The molecule has 0 saturated carbocycles. The van der Waals surface area contributed by atoms with Gasteiger partial charge in [0.2, 0.25) is 0 Å². The van der Waals surface area contributed by atoms with E-state index in [9.17, 15) is 0 Å². The van der Waals surface area contributed by atoms with E-state index in [0.29, 0.717) is 6.04 Å². The van der Waals surface area contributed by atoms with Crippen LogP contribution in [-0.2, 0) is 0 Å².